The lowest BCUT2D eigenvalue weighted by Gasteiger charge is -2.11. The summed E-state index contributed by atoms with van der Waals surface area (Å²) in [6.45, 7) is 0. The summed E-state index contributed by atoms with van der Waals surface area (Å²) in [4.78, 5) is 9.43. The third-order valence-corrected chi connectivity index (χ3v) is 5.09. The number of hydrogen-bond donors (Lipinski definition) is 1. The Hall–Kier alpha value is -0.600. The zero-order valence-corrected chi connectivity index (χ0v) is 13.3. The van der Waals surface area contributed by atoms with Gasteiger partial charge < -0.3 is 5.32 Å². The van der Waals surface area contributed by atoms with Crippen LogP contribution in [0.3, 0.4) is 0 Å². The summed E-state index contributed by atoms with van der Waals surface area (Å²) < 4.78 is 14.1. The minimum atomic E-state index is -0.255. The van der Waals surface area contributed by atoms with Crippen molar-refractivity contribution in [1.29, 1.82) is 0 Å². The third kappa shape index (κ3) is 2.66. The van der Waals surface area contributed by atoms with Crippen molar-refractivity contribution in [3.05, 3.63) is 38.6 Å². The number of fused-ring (bicyclic) bond motifs is 1. The average molecular weight is 408 g/mol. The summed E-state index contributed by atoms with van der Waals surface area (Å²) in [6.07, 6.45) is 0.886. The van der Waals surface area contributed by atoms with Gasteiger partial charge in [-0.1, -0.05) is 6.07 Å². The largest absolute Gasteiger partial charge is 0.338 e. The average Bonchev–Trinajstić information content (AvgIpc) is 2.83. The van der Waals surface area contributed by atoms with Gasteiger partial charge in [0.15, 0.2) is 0 Å². The third-order valence-electron chi connectivity index (χ3n) is 2.70. The number of thioether (sulfide) groups is 1. The highest BCUT2D eigenvalue weighted by molar-refractivity contribution is 14.1. The van der Waals surface area contributed by atoms with Crippen LogP contribution < -0.4 is 5.32 Å². The van der Waals surface area contributed by atoms with Crippen molar-refractivity contribution in [1.82, 2.24) is 9.97 Å². The highest BCUT2D eigenvalue weighted by Gasteiger charge is 2.20. The second-order valence-electron chi connectivity index (χ2n) is 3.94. The smallest absolute Gasteiger partial charge is 0.224 e. The number of benzene rings is 1. The van der Waals surface area contributed by atoms with E-state index in [-0.39, 0.29) is 11.1 Å². The number of anilines is 2. The Morgan fingerprint density at radius 2 is 2.21 bits per heavy atom. The fourth-order valence-corrected chi connectivity index (χ4v) is 3.58. The monoisotopic (exact) mass is 407 g/mol. The molecule has 7 heteroatoms. The molecule has 0 radical (unpaired) electrons. The molecule has 0 spiro atoms. The summed E-state index contributed by atoms with van der Waals surface area (Å²) in [5.74, 6) is 1.37. The van der Waals surface area contributed by atoms with Gasteiger partial charge in [-0.05, 0) is 46.3 Å². The van der Waals surface area contributed by atoms with Gasteiger partial charge >= 0.3 is 0 Å². The van der Waals surface area contributed by atoms with Gasteiger partial charge in [0, 0.05) is 12.2 Å². The van der Waals surface area contributed by atoms with E-state index in [0.29, 0.717) is 15.1 Å². The molecule has 0 bridgehead atoms. The van der Waals surface area contributed by atoms with Gasteiger partial charge in [-0.15, -0.1) is 11.8 Å². The molecule has 0 saturated carbocycles. The Morgan fingerprint density at radius 3 is 3.05 bits per heavy atom. The van der Waals surface area contributed by atoms with E-state index < -0.39 is 0 Å². The molecular weight excluding hydrogens is 400 g/mol. The first-order chi connectivity index (χ1) is 9.15. The standard InChI is InChI=1S/C12H8ClFIN3S/c13-12-17-8-4-5-19-10(8)11(18-12)16-7-3-1-2-6(14)9(7)15/h1-3H,4-5H2,(H,16,17,18). The van der Waals surface area contributed by atoms with E-state index in [1.165, 1.54) is 6.07 Å². The molecule has 0 atom stereocenters. The molecule has 1 aliphatic rings. The van der Waals surface area contributed by atoms with Gasteiger partial charge in [0.05, 0.1) is 19.8 Å². The predicted octanol–water partition coefficient (Wildman–Crippen LogP) is 4.27. The zero-order valence-electron chi connectivity index (χ0n) is 9.58. The van der Waals surface area contributed by atoms with E-state index in [4.69, 9.17) is 11.6 Å². The highest BCUT2D eigenvalue weighted by atomic mass is 127. The molecule has 2 aromatic rings. The molecule has 1 N–H and O–H groups in total. The Bertz CT molecular complexity index is 653. The Morgan fingerprint density at radius 1 is 1.37 bits per heavy atom. The first kappa shape index (κ1) is 13.4. The Kier molecular flexibility index (Phi) is 3.81. The van der Waals surface area contributed by atoms with Crippen LogP contribution in [0, 0.1) is 9.39 Å². The van der Waals surface area contributed by atoms with E-state index in [1.807, 2.05) is 28.7 Å². The minimum absolute atomic E-state index is 0.218. The molecule has 0 amide bonds. The van der Waals surface area contributed by atoms with Gasteiger partial charge in [-0.3, -0.25) is 0 Å². The molecule has 0 saturated heterocycles. The number of hydrogen-bond acceptors (Lipinski definition) is 4. The number of nitrogens with zero attached hydrogens (tertiary/aromatic N) is 2. The molecule has 1 aliphatic heterocycles. The minimum Gasteiger partial charge on any atom is -0.338 e. The number of nitrogens with one attached hydrogen (secondary N) is 1. The van der Waals surface area contributed by atoms with Gasteiger partial charge in [0.2, 0.25) is 5.28 Å². The first-order valence-corrected chi connectivity index (χ1v) is 7.99. The van der Waals surface area contributed by atoms with Crippen LogP contribution in [0.2, 0.25) is 5.28 Å². The molecule has 2 heterocycles. The van der Waals surface area contributed by atoms with Crippen LogP contribution in [0.15, 0.2) is 23.1 Å². The molecule has 0 fully saturated rings. The molecule has 3 rings (SSSR count). The second-order valence-corrected chi connectivity index (χ2v) is 6.46. The topological polar surface area (TPSA) is 37.8 Å². The summed E-state index contributed by atoms with van der Waals surface area (Å²) in [7, 11) is 0. The lowest BCUT2D eigenvalue weighted by molar-refractivity contribution is 0.621. The van der Waals surface area contributed by atoms with Crippen molar-refractivity contribution < 1.29 is 4.39 Å². The maximum atomic E-state index is 13.5. The number of halogens is 3. The van der Waals surface area contributed by atoms with Crippen molar-refractivity contribution in [2.75, 3.05) is 11.1 Å². The van der Waals surface area contributed by atoms with Crippen LogP contribution in [-0.2, 0) is 6.42 Å². The van der Waals surface area contributed by atoms with Crippen molar-refractivity contribution >= 4 is 57.5 Å². The molecule has 1 aromatic heterocycles. The molecule has 3 nitrogen and oxygen atoms in total. The molecule has 0 aliphatic carbocycles. The van der Waals surface area contributed by atoms with Crippen molar-refractivity contribution in [3.8, 4) is 0 Å². The quantitative estimate of drug-likeness (QED) is 0.596. The van der Waals surface area contributed by atoms with Crippen molar-refractivity contribution in [2.45, 2.75) is 11.3 Å². The molecule has 0 unspecified atom stereocenters. The SMILES string of the molecule is Fc1cccc(Nc2nc(Cl)nc3c2SCC3)c1I. The van der Waals surface area contributed by atoms with E-state index in [0.717, 1.165) is 22.8 Å². The van der Waals surface area contributed by atoms with E-state index >= 15 is 0 Å². The summed E-state index contributed by atoms with van der Waals surface area (Å²) in [6, 6.07) is 4.90. The van der Waals surface area contributed by atoms with Crippen molar-refractivity contribution in [2.24, 2.45) is 0 Å². The van der Waals surface area contributed by atoms with E-state index in [2.05, 4.69) is 15.3 Å². The van der Waals surface area contributed by atoms with Crippen LogP contribution >= 0.6 is 46.0 Å². The van der Waals surface area contributed by atoms with Crippen LogP contribution in [0.4, 0.5) is 15.9 Å². The zero-order chi connectivity index (χ0) is 13.4. The highest BCUT2D eigenvalue weighted by Crippen LogP contribution is 2.37. The second kappa shape index (κ2) is 5.41. The van der Waals surface area contributed by atoms with E-state index in [1.54, 1.807) is 17.8 Å². The predicted molar refractivity (Wildman–Crippen MR) is 83.9 cm³/mol. The molecule has 19 heavy (non-hydrogen) atoms. The number of aryl methyl sites for hydroxylation is 1. The number of rotatable bonds is 2. The molecule has 1 aromatic carbocycles. The van der Waals surface area contributed by atoms with Gasteiger partial charge in [-0.25, -0.2) is 9.37 Å². The molecular formula is C12H8ClFIN3S. The summed E-state index contributed by atoms with van der Waals surface area (Å²) in [5, 5.41) is 3.37. The van der Waals surface area contributed by atoms with Gasteiger partial charge in [0.25, 0.3) is 0 Å². The molecule has 98 valence electrons. The van der Waals surface area contributed by atoms with Gasteiger partial charge in [0.1, 0.15) is 11.6 Å². The van der Waals surface area contributed by atoms with E-state index in [9.17, 15) is 4.39 Å². The van der Waals surface area contributed by atoms with Crippen LogP contribution in [-0.4, -0.2) is 15.7 Å². The van der Waals surface area contributed by atoms with Crippen LogP contribution in [0.25, 0.3) is 0 Å². The fraction of sp³-hybridized carbons (Fsp3) is 0.167. The van der Waals surface area contributed by atoms with Gasteiger partial charge in [-0.2, -0.15) is 4.98 Å². The fourth-order valence-electron chi connectivity index (χ4n) is 1.85. The Balaban J connectivity index is 2.02. The normalized spacial score (nSPS) is 13.4. The van der Waals surface area contributed by atoms with Crippen LogP contribution in [0.5, 0.6) is 0 Å². The lowest BCUT2D eigenvalue weighted by atomic mass is 10.3. The summed E-state index contributed by atoms with van der Waals surface area (Å²) in [5.41, 5.74) is 1.64. The Labute approximate surface area is 132 Å². The van der Waals surface area contributed by atoms with Crippen LogP contribution in [0.1, 0.15) is 5.69 Å². The number of aromatic nitrogens is 2. The maximum absolute atomic E-state index is 13.5. The first-order valence-electron chi connectivity index (χ1n) is 5.55. The summed E-state index contributed by atoms with van der Waals surface area (Å²) >= 11 is 9.58. The maximum Gasteiger partial charge on any atom is 0.224 e. The lowest BCUT2D eigenvalue weighted by Crippen LogP contribution is -2.01. The van der Waals surface area contributed by atoms with Crippen molar-refractivity contribution in [3.63, 3.8) is 0 Å².